The summed E-state index contributed by atoms with van der Waals surface area (Å²) < 4.78 is 5.23. The molecule has 1 saturated heterocycles. The van der Waals surface area contributed by atoms with E-state index >= 15 is 0 Å². The molecular weight excluding hydrogens is 302 g/mol. The third-order valence-corrected chi connectivity index (χ3v) is 4.90. The van der Waals surface area contributed by atoms with Crippen LogP contribution >= 0.6 is 0 Å². The van der Waals surface area contributed by atoms with Crippen molar-refractivity contribution in [2.45, 2.75) is 25.5 Å². The number of ether oxygens (including phenoxy) is 1. The Balaban J connectivity index is 1.57. The molecule has 128 valence electrons. The average Bonchev–Trinajstić information content (AvgIpc) is 2.64. The van der Waals surface area contributed by atoms with Crippen molar-refractivity contribution in [3.8, 4) is 11.5 Å². The molecule has 0 radical (unpaired) electrons. The first kappa shape index (κ1) is 16.8. The second-order valence-corrected chi connectivity index (χ2v) is 6.46. The molecule has 24 heavy (non-hydrogen) atoms. The molecule has 0 bridgehead atoms. The number of phenolic OH excluding ortho intramolecular Hbond substituents is 1. The summed E-state index contributed by atoms with van der Waals surface area (Å²) in [6.07, 6.45) is 1.53. The number of piperidine rings is 1. The number of hydrogen-bond acceptors (Lipinski definition) is 4. The summed E-state index contributed by atoms with van der Waals surface area (Å²) in [7, 11) is 1.63. The molecule has 0 aliphatic carbocycles. The molecule has 3 rings (SSSR count). The van der Waals surface area contributed by atoms with Crippen LogP contribution in [0.5, 0.6) is 11.5 Å². The molecule has 1 heterocycles. The Morgan fingerprint density at radius 3 is 2.50 bits per heavy atom. The number of benzene rings is 2. The third-order valence-electron chi connectivity index (χ3n) is 4.90. The number of rotatable bonds is 5. The van der Waals surface area contributed by atoms with Gasteiger partial charge in [-0.3, -0.25) is 4.90 Å². The average molecular weight is 327 g/mol. The highest BCUT2D eigenvalue weighted by molar-refractivity contribution is 5.39. The van der Waals surface area contributed by atoms with Crippen molar-refractivity contribution in [1.29, 1.82) is 0 Å². The molecule has 1 unspecified atom stereocenters. The van der Waals surface area contributed by atoms with Gasteiger partial charge in [-0.15, -0.1) is 0 Å². The van der Waals surface area contributed by atoms with Crippen LogP contribution in [0.2, 0.25) is 0 Å². The quantitative estimate of drug-likeness (QED) is 0.884. The third kappa shape index (κ3) is 3.89. The van der Waals surface area contributed by atoms with Gasteiger partial charge in [-0.25, -0.2) is 0 Å². The maximum atomic E-state index is 10.6. The van der Waals surface area contributed by atoms with Crippen LogP contribution in [-0.2, 0) is 6.54 Å². The standard InChI is InChI=1S/C20H25NO3/c1-24-18-7-8-19(22)17(13-18)14-21-11-9-16(10-12-21)20(23)15-5-3-2-4-6-15/h2-8,13,16,20,22-23H,9-12,14H2,1H3. The van der Waals surface area contributed by atoms with Gasteiger partial charge in [0.1, 0.15) is 11.5 Å². The van der Waals surface area contributed by atoms with Gasteiger partial charge >= 0.3 is 0 Å². The number of aromatic hydroxyl groups is 1. The number of phenols is 1. The Morgan fingerprint density at radius 2 is 1.83 bits per heavy atom. The zero-order valence-electron chi connectivity index (χ0n) is 14.1. The van der Waals surface area contributed by atoms with E-state index in [4.69, 9.17) is 4.74 Å². The van der Waals surface area contributed by atoms with E-state index in [0.29, 0.717) is 18.2 Å². The summed E-state index contributed by atoms with van der Waals surface area (Å²) in [5.74, 6) is 1.36. The zero-order chi connectivity index (χ0) is 16.9. The molecule has 1 fully saturated rings. The molecule has 0 aromatic heterocycles. The second kappa shape index (κ2) is 7.69. The van der Waals surface area contributed by atoms with E-state index in [1.54, 1.807) is 19.2 Å². The number of aliphatic hydroxyl groups excluding tert-OH is 1. The second-order valence-electron chi connectivity index (χ2n) is 6.46. The highest BCUT2D eigenvalue weighted by atomic mass is 16.5. The van der Waals surface area contributed by atoms with E-state index in [9.17, 15) is 10.2 Å². The molecule has 4 heteroatoms. The van der Waals surface area contributed by atoms with Gasteiger partial charge in [0, 0.05) is 12.1 Å². The van der Waals surface area contributed by atoms with Crippen LogP contribution in [0, 0.1) is 5.92 Å². The minimum Gasteiger partial charge on any atom is -0.508 e. The molecule has 0 saturated carbocycles. The topological polar surface area (TPSA) is 52.9 Å². The predicted molar refractivity (Wildman–Crippen MR) is 94.1 cm³/mol. The molecular formula is C20H25NO3. The summed E-state index contributed by atoms with van der Waals surface area (Å²) in [4.78, 5) is 2.32. The summed E-state index contributed by atoms with van der Waals surface area (Å²) in [6.45, 7) is 2.55. The lowest BCUT2D eigenvalue weighted by atomic mass is 9.87. The number of likely N-dealkylation sites (tertiary alicyclic amines) is 1. The van der Waals surface area contributed by atoms with Crippen LogP contribution in [0.1, 0.15) is 30.1 Å². The Hall–Kier alpha value is -2.04. The highest BCUT2D eigenvalue weighted by Crippen LogP contribution is 2.32. The summed E-state index contributed by atoms with van der Waals surface area (Å²) >= 11 is 0. The lowest BCUT2D eigenvalue weighted by molar-refractivity contribution is 0.0565. The van der Waals surface area contributed by atoms with Crippen LogP contribution in [0.15, 0.2) is 48.5 Å². The fourth-order valence-corrected chi connectivity index (χ4v) is 3.41. The maximum absolute atomic E-state index is 10.6. The van der Waals surface area contributed by atoms with Crippen molar-refractivity contribution >= 4 is 0 Å². The number of hydrogen-bond donors (Lipinski definition) is 2. The SMILES string of the molecule is COc1ccc(O)c(CN2CCC(C(O)c3ccccc3)CC2)c1. The van der Waals surface area contributed by atoms with E-state index in [1.807, 2.05) is 36.4 Å². The van der Waals surface area contributed by atoms with Crippen molar-refractivity contribution in [1.82, 2.24) is 4.90 Å². The van der Waals surface area contributed by atoms with Crippen LogP contribution in [-0.4, -0.2) is 35.3 Å². The molecule has 1 aliphatic rings. The molecule has 1 aliphatic heterocycles. The molecule has 0 spiro atoms. The van der Waals surface area contributed by atoms with Gasteiger partial charge in [-0.1, -0.05) is 30.3 Å². The first-order valence-corrected chi connectivity index (χ1v) is 8.48. The Kier molecular flexibility index (Phi) is 5.38. The minimum absolute atomic E-state index is 0.294. The van der Waals surface area contributed by atoms with E-state index < -0.39 is 6.10 Å². The van der Waals surface area contributed by atoms with Crippen molar-refractivity contribution in [3.05, 3.63) is 59.7 Å². The molecule has 2 aromatic rings. The van der Waals surface area contributed by atoms with Crippen LogP contribution in [0.25, 0.3) is 0 Å². The van der Waals surface area contributed by atoms with Crippen molar-refractivity contribution in [2.75, 3.05) is 20.2 Å². The largest absolute Gasteiger partial charge is 0.508 e. The number of aliphatic hydroxyl groups is 1. The van der Waals surface area contributed by atoms with Crippen molar-refractivity contribution in [3.63, 3.8) is 0 Å². The lowest BCUT2D eigenvalue weighted by Crippen LogP contribution is -2.35. The lowest BCUT2D eigenvalue weighted by Gasteiger charge is -2.34. The molecule has 0 amide bonds. The first-order valence-electron chi connectivity index (χ1n) is 8.48. The van der Waals surface area contributed by atoms with E-state index in [2.05, 4.69) is 4.90 Å². The fraction of sp³-hybridized carbons (Fsp3) is 0.400. The summed E-state index contributed by atoms with van der Waals surface area (Å²) in [6, 6.07) is 15.2. The van der Waals surface area contributed by atoms with E-state index in [-0.39, 0.29) is 0 Å². The van der Waals surface area contributed by atoms with Gasteiger partial charge in [-0.2, -0.15) is 0 Å². The first-order chi connectivity index (χ1) is 11.7. The van der Waals surface area contributed by atoms with Gasteiger partial charge in [0.15, 0.2) is 0 Å². The monoisotopic (exact) mass is 327 g/mol. The Labute approximate surface area is 143 Å². The fourth-order valence-electron chi connectivity index (χ4n) is 3.41. The van der Waals surface area contributed by atoms with Crippen LogP contribution in [0.4, 0.5) is 0 Å². The van der Waals surface area contributed by atoms with Gasteiger partial charge in [0.2, 0.25) is 0 Å². The number of nitrogens with zero attached hydrogens (tertiary/aromatic N) is 1. The van der Waals surface area contributed by atoms with E-state index in [1.165, 1.54) is 0 Å². The summed E-state index contributed by atoms with van der Waals surface area (Å²) in [5.41, 5.74) is 1.89. The van der Waals surface area contributed by atoms with Crippen molar-refractivity contribution in [2.24, 2.45) is 5.92 Å². The van der Waals surface area contributed by atoms with Gasteiger partial charge in [0.05, 0.1) is 13.2 Å². The molecule has 2 N–H and O–H groups in total. The Bertz CT molecular complexity index is 651. The highest BCUT2D eigenvalue weighted by Gasteiger charge is 2.26. The summed E-state index contributed by atoms with van der Waals surface area (Å²) in [5, 5.41) is 20.6. The van der Waals surface area contributed by atoms with Crippen LogP contribution in [0.3, 0.4) is 0 Å². The molecule has 4 nitrogen and oxygen atoms in total. The van der Waals surface area contributed by atoms with Gasteiger partial charge in [0.25, 0.3) is 0 Å². The predicted octanol–water partition coefficient (Wildman–Crippen LogP) is 3.35. The van der Waals surface area contributed by atoms with Gasteiger partial charge in [-0.05, 0) is 55.6 Å². The zero-order valence-corrected chi connectivity index (χ0v) is 14.1. The normalized spacial score (nSPS) is 17.6. The molecule has 2 aromatic carbocycles. The molecule has 1 atom stereocenters. The number of methoxy groups -OCH3 is 1. The minimum atomic E-state index is -0.390. The van der Waals surface area contributed by atoms with Gasteiger partial charge < -0.3 is 14.9 Å². The smallest absolute Gasteiger partial charge is 0.120 e. The maximum Gasteiger partial charge on any atom is 0.120 e. The van der Waals surface area contributed by atoms with E-state index in [0.717, 1.165) is 42.8 Å². The van der Waals surface area contributed by atoms with Crippen LogP contribution < -0.4 is 4.74 Å². The van der Waals surface area contributed by atoms with Crippen molar-refractivity contribution < 1.29 is 14.9 Å². The Morgan fingerprint density at radius 1 is 1.12 bits per heavy atom.